The van der Waals surface area contributed by atoms with E-state index in [0.717, 1.165) is 24.3 Å². The maximum Gasteiger partial charge on any atom is 0.269 e. The molecule has 0 spiro atoms. The summed E-state index contributed by atoms with van der Waals surface area (Å²) >= 11 is 0. The minimum absolute atomic E-state index is 0.379. The number of hydrogen-bond donors (Lipinski definition) is 2. The smallest absolute Gasteiger partial charge is 0.269 e. The van der Waals surface area contributed by atoms with Gasteiger partial charge in [0, 0.05) is 11.1 Å². The molecule has 246 valence electrons. The van der Waals surface area contributed by atoms with E-state index in [2.05, 4.69) is 24.7 Å². The van der Waals surface area contributed by atoms with Crippen LogP contribution in [0.2, 0.25) is 0 Å². The molecule has 0 unspecified atom stereocenters. The first-order chi connectivity index (χ1) is 21.6. The minimum Gasteiger partial charge on any atom is -0.494 e. The van der Waals surface area contributed by atoms with E-state index in [1.165, 1.54) is 116 Å². The zero-order valence-electron chi connectivity index (χ0n) is 27.8. The molecule has 0 aromatic heterocycles. The molecule has 44 heavy (non-hydrogen) atoms. The first-order valence-electron chi connectivity index (χ1n) is 17.7. The molecule has 0 atom stereocenters. The molecule has 6 nitrogen and oxygen atoms in total. The maximum absolute atomic E-state index is 12.5. The van der Waals surface area contributed by atoms with Crippen LogP contribution >= 0.6 is 0 Å². The van der Waals surface area contributed by atoms with E-state index in [4.69, 9.17) is 9.47 Å². The second-order valence-corrected chi connectivity index (χ2v) is 12.0. The van der Waals surface area contributed by atoms with Gasteiger partial charge in [0.25, 0.3) is 11.8 Å². The average molecular weight is 609 g/mol. The van der Waals surface area contributed by atoms with Crippen molar-refractivity contribution in [3.8, 4) is 11.5 Å². The van der Waals surface area contributed by atoms with Gasteiger partial charge in [-0.3, -0.25) is 20.4 Å². The van der Waals surface area contributed by atoms with Crippen molar-refractivity contribution in [3.63, 3.8) is 0 Å². The van der Waals surface area contributed by atoms with Crippen molar-refractivity contribution >= 4 is 11.8 Å². The lowest BCUT2D eigenvalue weighted by molar-refractivity contribution is 0.0846. The Hall–Kier alpha value is -3.02. The van der Waals surface area contributed by atoms with Crippen molar-refractivity contribution in [3.05, 3.63) is 59.7 Å². The number of benzene rings is 2. The third-order valence-corrected chi connectivity index (χ3v) is 8.06. The molecule has 0 aliphatic heterocycles. The number of carbonyl (C=O) groups is 2. The second kappa shape index (κ2) is 25.3. The monoisotopic (exact) mass is 608 g/mol. The van der Waals surface area contributed by atoms with Gasteiger partial charge in [-0.05, 0) is 61.4 Å². The Morgan fingerprint density at radius 1 is 0.432 bits per heavy atom. The fourth-order valence-electron chi connectivity index (χ4n) is 5.22. The van der Waals surface area contributed by atoms with Crippen molar-refractivity contribution in [2.45, 2.75) is 142 Å². The van der Waals surface area contributed by atoms with Crippen LogP contribution < -0.4 is 20.3 Å². The second-order valence-electron chi connectivity index (χ2n) is 12.0. The Morgan fingerprint density at radius 2 is 0.705 bits per heavy atom. The summed E-state index contributed by atoms with van der Waals surface area (Å²) in [7, 11) is 0. The molecule has 0 radical (unpaired) electrons. The lowest BCUT2D eigenvalue weighted by atomic mass is 10.1. The Bertz CT molecular complexity index is 909. The number of carbonyl (C=O) groups excluding carboxylic acids is 2. The summed E-state index contributed by atoms with van der Waals surface area (Å²) in [5.41, 5.74) is 5.88. The van der Waals surface area contributed by atoms with E-state index in [1.54, 1.807) is 48.5 Å². The summed E-state index contributed by atoms with van der Waals surface area (Å²) in [5, 5.41) is 0. The number of rotatable bonds is 26. The Balaban J connectivity index is 1.53. The summed E-state index contributed by atoms with van der Waals surface area (Å²) < 4.78 is 11.7. The summed E-state index contributed by atoms with van der Waals surface area (Å²) in [4.78, 5) is 25.0. The van der Waals surface area contributed by atoms with Gasteiger partial charge in [-0.1, -0.05) is 129 Å². The lowest BCUT2D eigenvalue weighted by Crippen LogP contribution is -2.41. The van der Waals surface area contributed by atoms with Gasteiger partial charge in [-0.15, -0.1) is 0 Å². The van der Waals surface area contributed by atoms with E-state index in [9.17, 15) is 9.59 Å². The van der Waals surface area contributed by atoms with Gasteiger partial charge in [0.2, 0.25) is 0 Å². The summed E-state index contributed by atoms with van der Waals surface area (Å²) in [6.45, 7) is 5.88. The van der Waals surface area contributed by atoms with Crippen molar-refractivity contribution in [1.82, 2.24) is 10.9 Å². The summed E-state index contributed by atoms with van der Waals surface area (Å²) in [6.07, 6.45) is 25.9. The molecule has 0 saturated carbocycles. The topological polar surface area (TPSA) is 76.7 Å². The van der Waals surface area contributed by atoms with Crippen LogP contribution in [0.3, 0.4) is 0 Å². The summed E-state index contributed by atoms with van der Waals surface area (Å²) in [6, 6.07) is 14.0. The Labute approximate surface area is 268 Å². The van der Waals surface area contributed by atoms with Gasteiger partial charge in [-0.25, -0.2) is 0 Å². The molecular weight excluding hydrogens is 548 g/mol. The summed E-state index contributed by atoms with van der Waals surface area (Å²) in [5.74, 6) is 0.737. The van der Waals surface area contributed by atoms with Crippen LogP contribution in [0.25, 0.3) is 0 Å². The number of hydrazine groups is 1. The normalized spacial score (nSPS) is 10.9. The molecule has 0 bridgehead atoms. The highest BCUT2D eigenvalue weighted by molar-refractivity contribution is 5.99. The van der Waals surface area contributed by atoms with Crippen LogP contribution in [0, 0.1) is 0 Å². The third-order valence-electron chi connectivity index (χ3n) is 8.06. The predicted molar refractivity (Wildman–Crippen MR) is 182 cm³/mol. The van der Waals surface area contributed by atoms with E-state index in [-0.39, 0.29) is 11.8 Å². The minimum atomic E-state index is -0.379. The number of amides is 2. The van der Waals surface area contributed by atoms with E-state index in [1.807, 2.05) is 0 Å². The van der Waals surface area contributed by atoms with Gasteiger partial charge in [0.15, 0.2) is 0 Å². The molecule has 0 aliphatic rings. The van der Waals surface area contributed by atoms with Gasteiger partial charge in [0.05, 0.1) is 13.2 Å². The fraction of sp³-hybridized carbons (Fsp3) is 0.632. The Morgan fingerprint density at radius 3 is 1.00 bits per heavy atom. The zero-order chi connectivity index (χ0) is 31.5. The highest BCUT2D eigenvalue weighted by Crippen LogP contribution is 2.16. The molecule has 2 aromatic carbocycles. The molecule has 2 amide bonds. The molecule has 2 N–H and O–H groups in total. The molecule has 0 heterocycles. The van der Waals surface area contributed by atoms with Crippen molar-refractivity contribution in [2.24, 2.45) is 0 Å². The lowest BCUT2D eigenvalue weighted by Gasteiger charge is -2.10. The number of hydrogen-bond acceptors (Lipinski definition) is 4. The maximum atomic E-state index is 12.5. The molecule has 0 fully saturated rings. The van der Waals surface area contributed by atoms with Gasteiger partial charge >= 0.3 is 0 Å². The van der Waals surface area contributed by atoms with E-state index in [0.29, 0.717) is 24.3 Å². The Kier molecular flexibility index (Phi) is 21.4. The van der Waals surface area contributed by atoms with Gasteiger partial charge < -0.3 is 9.47 Å². The molecule has 0 aliphatic carbocycles. The van der Waals surface area contributed by atoms with E-state index >= 15 is 0 Å². The highest BCUT2D eigenvalue weighted by atomic mass is 16.5. The van der Waals surface area contributed by atoms with Crippen molar-refractivity contribution < 1.29 is 19.1 Å². The van der Waals surface area contributed by atoms with Crippen LogP contribution in [0.5, 0.6) is 11.5 Å². The molecule has 6 heteroatoms. The fourth-order valence-corrected chi connectivity index (χ4v) is 5.22. The number of ether oxygens (including phenoxy) is 2. The van der Waals surface area contributed by atoms with Crippen molar-refractivity contribution in [2.75, 3.05) is 13.2 Å². The highest BCUT2D eigenvalue weighted by Gasteiger charge is 2.10. The van der Waals surface area contributed by atoms with E-state index < -0.39 is 0 Å². The van der Waals surface area contributed by atoms with Crippen LogP contribution in [0.15, 0.2) is 48.5 Å². The molecular formula is C38H60N2O4. The standard InChI is InChI=1S/C38H60N2O4/c1-3-5-7-9-11-13-15-17-19-21-31-43-35-27-23-33(24-28-35)37(41)39-40-38(42)34-25-29-36(30-26-34)44-32-22-20-18-16-14-12-10-8-6-4-2/h23-30H,3-22,31-32H2,1-2H3,(H,39,41)(H,40,42). The number of unbranched alkanes of at least 4 members (excludes halogenated alkanes) is 18. The van der Waals surface area contributed by atoms with Crippen LogP contribution in [0.1, 0.15) is 163 Å². The van der Waals surface area contributed by atoms with Crippen LogP contribution in [-0.2, 0) is 0 Å². The largest absolute Gasteiger partial charge is 0.494 e. The molecule has 2 rings (SSSR count). The quantitative estimate of drug-likeness (QED) is 0.0823. The molecule has 2 aromatic rings. The van der Waals surface area contributed by atoms with Crippen LogP contribution in [-0.4, -0.2) is 25.0 Å². The first-order valence-corrected chi connectivity index (χ1v) is 17.7. The SMILES string of the molecule is CCCCCCCCCCCCOc1ccc(C(=O)NNC(=O)c2ccc(OCCCCCCCCCCCC)cc2)cc1. The number of nitrogens with one attached hydrogen (secondary N) is 2. The van der Waals surface area contributed by atoms with Crippen LogP contribution in [0.4, 0.5) is 0 Å². The van der Waals surface area contributed by atoms with Gasteiger partial charge in [0.1, 0.15) is 11.5 Å². The first kappa shape index (κ1) is 37.2. The molecule has 0 saturated heterocycles. The van der Waals surface area contributed by atoms with Crippen molar-refractivity contribution in [1.29, 1.82) is 0 Å². The average Bonchev–Trinajstić information content (AvgIpc) is 3.05. The van der Waals surface area contributed by atoms with Gasteiger partial charge in [-0.2, -0.15) is 0 Å². The zero-order valence-corrected chi connectivity index (χ0v) is 27.8. The third kappa shape index (κ3) is 17.9. The predicted octanol–water partition coefficient (Wildman–Crippen LogP) is 10.4.